The SMILES string of the molecule is C[C@@H](CN1CCOCC1)NC(=O)COc1ccc2c(c1)CCC(=O)N2. The predicted molar refractivity (Wildman–Crippen MR) is 93.8 cm³/mol. The summed E-state index contributed by atoms with van der Waals surface area (Å²) in [6.45, 7) is 6.11. The lowest BCUT2D eigenvalue weighted by atomic mass is 10.0. The first-order valence-corrected chi connectivity index (χ1v) is 8.75. The third-order valence-electron chi connectivity index (χ3n) is 4.39. The maximum atomic E-state index is 12.1. The van der Waals surface area contributed by atoms with Crippen molar-refractivity contribution in [3.05, 3.63) is 23.8 Å². The van der Waals surface area contributed by atoms with Crippen molar-refractivity contribution in [1.29, 1.82) is 0 Å². The van der Waals surface area contributed by atoms with Crippen LogP contribution in [0.3, 0.4) is 0 Å². The molecule has 1 aromatic rings. The third-order valence-corrected chi connectivity index (χ3v) is 4.39. The molecular formula is C18H25N3O4. The molecule has 1 fully saturated rings. The van der Waals surface area contributed by atoms with E-state index < -0.39 is 0 Å². The van der Waals surface area contributed by atoms with E-state index in [1.165, 1.54) is 0 Å². The highest BCUT2D eigenvalue weighted by molar-refractivity contribution is 5.94. The van der Waals surface area contributed by atoms with Gasteiger partial charge in [-0.1, -0.05) is 0 Å². The number of nitrogens with one attached hydrogen (secondary N) is 2. The summed E-state index contributed by atoms with van der Waals surface area (Å²) in [5.41, 5.74) is 1.87. The van der Waals surface area contributed by atoms with Gasteiger partial charge in [0.2, 0.25) is 5.91 Å². The second-order valence-electron chi connectivity index (χ2n) is 6.54. The highest BCUT2D eigenvalue weighted by Crippen LogP contribution is 2.26. The number of fused-ring (bicyclic) bond motifs is 1. The number of benzene rings is 1. The first-order chi connectivity index (χ1) is 12.1. The predicted octanol–water partition coefficient (Wildman–Crippen LogP) is 0.787. The average molecular weight is 347 g/mol. The first kappa shape index (κ1) is 17.7. The standard InChI is InChI=1S/C18H25N3O4/c1-13(11-21-6-8-24-9-7-21)19-18(23)12-25-15-3-4-16-14(10-15)2-5-17(22)20-16/h3-4,10,13H,2,5-9,11-12H2,1H3,(H,19,23)(H,20,22)/t13-/m0/s1. The summed E-state index contributed by atoms with van der Waals surface area (Å²) in [7, 11) is 0. The molecule has 0 spiro atoms. The minimum Gasteiger partial charge on any atom is -0.484 e. The molecule has 2 N–H and O–H groups in total. The van der Waals surface area contributed by atoms with Crippen molar-refractivity contribution in [3.63, 3.8) is 0 Å². The van der Waals surface area contributed by atoms with Crippen LogP contribution >= 0.6 is 0 Å². The molecule has 2 amide bonds. The van der Waals surface area contributed by atoms with Crippen molar-refractivity contribution in [2.45, 2.75) is 25.8 Å². The van der Waals surface area contributed by atoms with Crippen LogP contribution in [0.2, 0.25) is 0 Å². The number of rotatable bonds is 6. The van der Waals surface area contributed by atoms with Crippen LogP contribution in [0.25, 0.3) is 0 Å². The van der Waals surface area contributed by atoms with Crippen LogP contribution in [-0.4, -0.2) is 62.2 Å². The van der Waals surface area contributed by atoms with Gasteiger partial charge in [0, 0.05) is 37.8 Å². The molecule has 1 saturated heterocycles. The Morgan fingerprint density at radius 2 is 2.16 bits per heavy atom. The van der Waals surface area contributed by atoms with E-state index in [0.29, 0.717) is 18.6 Å². The van der Waals surface area contributed by atoms with Gasteiger partial charge in [-0.05, 0) is 37.1 Å². The summed E-state index contributed by atoms with van der Waals surface area (Å²) in [6, 6.07) is 5.54. The Kier molecular flexibility index (Phi) is 5.88. The molecular weight excluding hydrogens is 322 g/mol. The third kappa shape index (κ3) is 5.17. The number of nitrogens with zero attached hydrogens (tertiary/aromatic N) is 1. The summed E-state index contributed by atoms with van der Waals surface area (Å²) in [5.74, 6) is 0.549. The summed E-state index contributed by atoms with van der Waals surface area (Å²) in [4.78, 5) is 25.7. The molecule has 2 heterocycles. The molecule has 25 heavy (non-hydrogen) atoms. The topological polar surface area (TPSA) is 79.9 Å². The van der Waals surface area contributed by atoms with Crippen molar-refractivity contribution in [1.82, 2.24) is 10.2 Å². The molecule has 2 aliphatic rings. The summed E-state index contributed by atoms with van der Waals surface area (Å²) in [5, 5.41) is 5.79. The lowest BCUT2D eigenvalue weighted by molar-refractivity contribution is -0.123. The van der Waals surface area contributed by atoms with E-state index in [9.17, 15) is 9.59 Å². The quantitative estimate of drug-likeness (QED) is 0.795. The van der Waals surface area contributed by atoms with Gasteiger partial charge in [-0.25, -0.2) is 0 Å². The number of morpholine rings is 1. The normalized spacial score (nSPS) is 18.8. The van der Waals surface area contributed by atoms with Gasteiger partial charge in [0.05, 0.1) is 13.2 Å². The van der Waals surface area contributed by atoms with Gasteiger partial charge in [0.15, 0.2) is 6.61 Å². The van der Waals surface area contributed by atoms with Gasteiger partial charge in [0.25, 0.3) is 5.91 Å². The maximum Gasteiger partial charge on any atom is 0.258 e. The van der Waals surface area contributed by atoms with Crippen LogP contribution in [0.4, 0.5) is 5.69 Å². The van der Waals surface area contributed by atoms with E-state index in [4.69, 9.17) is 9.47 Å². The lowest BCUT2D eigenvalue weighted by Gasteiger charge is -2.29. The molecule has 3 rings (SSSR count). The molecule has 136 valence electrons. The zero-order valence-electron chi connectivity index (χ0n) is 14.5. The zero-order chi connectivity index (χ0) is 17.6. The highest BCUT2D eigenvalue weighted by Gasteiger charge is 2.17. The van der Waals surface area contributed by atoms with Gasteiger partial charge >= 0.3 is 0 Å². The van der Waals surface area contributed by atoms with E-state index in [0.717, 1.165) is 44.1 Å². The van der Waals surface area contributed by atoms with Gasteiger partial charge in [-0.2, -0.15) is 0 Å². The van der Waals surface area contributed by atoms with E-state index in [1.54, 1.807) is 6.07 Å². The lowest BCUT2D eigenvalue weighted by Crippen LogP contribution is -2.46. The number of hydrogen-bond donors (Lipinski definition) is 2. The van der Waals surface area contributed by atoms with Gasteiger partial charge in [-0.15, -0.1) is 0 Å². The van der Waals surface area contributed by atoms with Crippen LogP contribution in [0.1, 0.15) is 18.9 Å². The van der Waals surface area contributed by atoms with Crippen LogP contribution < -0.4 is 15.4 Å². The Labute approximate surface area is 147 Å². The largest absolute Gasteiger partial charge is 0.484 e. The molecule has 0 saturated carbocycles. The van der Waals surface area contributed by atoms with E-state index in [2.05, 4.69) is 15.5 Å². The second-order valence-corrected chi connectivity index (χ2v) is 6.54. The Balaban J connectivity index is 1.43. The smallest absolute Gasteiger partial charge is 0.258 e. The molecule has 0 aromatic heterocycles. The van der Waals surface area contributed by atoms with Gasteiger partial charge < -0.3 is 20.1 Å². The molecule has 7 heteroatoms. The number of anilines is 1. The van der Waals surface area contributed by atoms with Crippen molar-refractivity contribution in [2.75, 3.05) is 44.8 Å². The fraction of sp³-hybridized carbons (Fsp3) is 0.556. The minimum atomic E-state index is -0.133. The number of amides is 2. The van der Waals surface area contributed by atoms with E-state index in [-0.39, 0.29) is 24.5 Å². The minimum absolute atomic E-state index is 0.0153. The van der Waals surface area contributed by atoms with Gasteiger partial charge in [-0.3, -0.25) is 14.5 Å². The fourth-order valence-electron chi connectivity index (χ4n) is 3.13. The average Bonchev–Trinajstić information content (AvgIpc) is 2.60. The highest BCUT2D eigenvalue weighted by atomic mass is 16.5. The van der Waals surface area contributed by atoms with Crippen molar-refractivity contribution in [3.8, 4) is 5.75 Å². The van der Waals surface area contributed by atoms with E-state index in [1.807, 2.05) is 19.1 Å². The number of ether oxygens (including phenoxy) is 2. The number of carbonyl (C=O) groups is 2. The Morgan fingerprint density at radius 3 is 2.96 bits per heavy atom. The first-order valence-electron chi connectivity index (χ1n) is 8.75. The molecule has 0 radical (unpaired) electrons. The van der Waals surface area contributed by atoms with E-state index >= 15 is 0 Å². The van der Waals surface area contributed by atoms with Crippen molar-refractivity contribution in [2.24, 2.45) is 0 Å². The van der Waals surface area contributed by atoms with Crippen molar-refractivity contribution < 1.29 is 19.1 Å². The molecule has 1 atom stereocenters. The Morgan fingerprint density at radius 1 is 1.36 bits per heavy atom. The zero-order valence-corrected chi connectivity index (χ0v) is 14.5. The maximum absolute atomic E-state index is 12.1. The molecule has 7 nitrogen and oxygen atoms in total. The van der Waals surface area contributed by atoms with Crippen LogP contribution in [0.15, 0.2) is 18.2 Å². The molecule has 0 unspecified atom stereocenters. The number of carbonyl (C=O) groups excluding carboxylic acids is 2. The molecule has 1 aromatic carbocycles. The monoisotopic (exact) mass is 347 g/mol. The Bertz CT molecular complexity index is 629. The Hall–Kier alpha value is -2.12. The van der Waals surface area contributed by atoms with Crippen LogP contribution in [-0.2, 0) is 20.7 Å². The number of aryl methyl sites for hydroxylation is 1. The molecule has 0 aliphatic carbocycles. The van der Waals surface area contributed by atoms with Gasteiger partial charge in [0.1, 0.15) is 5.75 Å². The van der Waals surface area contributed by atoms with Crippen LogP contribution in [0.5, 0.6) is 5.75 Å². The number of hydrogen-bond acceptors (Lipinski definition) is 5. The summed E-state index contributed by atoms with van der Waals surface area (Å²) in [6.07, 6.45) is 1.18. The fourth-order valence-corrected chi connectivity index (χ4v) is 3.13. The molecule has 2 aliphatic heterocycles. The second kappa shape index (κ2) is 8.31. The summed E-state index contributed by atoms with van der Waals surface area (Å²) >= 11 is 0. The van der Waals surface area contributed by atoms with Crippen LogP contribution in [0, 0.1) is 0 Å². The molecule has 0 bridgehead atoms. The summed E-state index contributed by atoms with van der Waals surface area (Å²) < 4.78 is 10.9. The van der Waals surface area contributed by atoms with Crippen molar-refractivity contribution >= 4 is 17.5 Å².